The first-order valence-corrected chi connectivity index (χ1v) is 6.19. The number of carbonyl (C=O) groups is 1. The number of fused-ring (bicyclic) bond motifs is 1. The van der Waals surface area contributed by atoms with Crippen LogP contribution in [0.2, 0.25) is 0 Å². The number of imidazole rings is 1. The van der Waals surface area contributed by atoms with E-state index in [1.165, 1.54) is 7.11 Å². The first-order chi connectivity index (χ1) is 9.23. The molecule has 1 saturated carbocycles. The molecule has 0 atom stereocenters. The van der Waals surface area contributed by atoms with Gasteiger partial charge in [-0.25, -0.2) is 4.98 Å². The van der Waals surface area contributed by atoms with E-state index in [9.17, 15) is 4.79 Å². The number of rotatable bonds is 2. The molecule has 1 fully saturated rings. The predicted molar refractivity (Wildman–Crippen MR) is 67.5 cm³/mol. The van der Waals surface area contributed by atoms with Gasteiger partial charge in [-0.1, -0.05) is 12.5 Å². The van der Waals surface area contributed by atoms with E-state index in [2.05, 4.69) is 11.1 Å². The van der Waals surface area contributed by atoms with Crippen LogP contribution in [0.5, 0.6) is 0 Å². The monoisotopic (exact) mass is 255 g/mol. The Hall–Kier alpha value is -2.35. The van der Waals surface area contributed by atoms with Gasteiger partial charge in [0, 0.05) is 6.20 Å². The summed E-state index contributed by atoms with van der Waals surface area (Å²) in [5, 5.41) is 9.16. The molecule has 0 N–H and O–H groups in total. The number of hydrogen-bond donors (Lipinski definition) is 0. The number of nitrogens with zero attached hydrogens (tertiary/aromatic N) is 3. The molecule has 0 amide bonds. The molecule has 0 bridgehead atoms. The van der Waals surface area contributed by atoms with E-state index in [0.29, 0.717) is 11.5 Å². The summed E-state index contributed by atoms with van der Waals surface area (Å²) in [5.74, 6) is 0.358. The van der Waals surface area contributed by atoms with Crippen LogP contribution in [0.15, 0.2) is 24.4 Å². The first kappa shape index (κ1) is 11.7. The molecule has 0 unspecified atom stereocenters. The Balaban J connectivity index is 2.26. The SMILES string of the molecule is COC(=O)C1(c2nc(C#N)c3ccccn23)CCC1. The zero-order valence-corrected chi connectivity index (χ0v) is 10.6. The second-order valence-electron chi connectivity index (χ2n) is 4.78. The van der Waals surface area contributed by atoms with Crippen molar-refractivity contribution in [2.75, 3.05) is 7.11 Å². The number of hydrogen-bond acceptors (Lipinski definition) is 4. The predicted octanol–water partition coefficient (Wildman–Crippen LogP) is 1.80. The van der Waals surface area contributed by atoms with Crippen molar-refractivity contribution in [2.45, 2.75) is 24.7 Å². The van der Waals surface area contributed by atoms with Crippen LogP contribution >= 0.6 is 0 Å². The number of aromatic nitrogens is 2. The van der Waals surface area contributed by atoms with Crippen molar-refractivity contribution >= 4 is 11.5 Å². The molecule has 5 heteroatoms. The highest BCUT2D eigenvalue weighted by Crippen LogP contribution is 2.44. The summed E-state index contributed by atoms with van der Waals surface area (Å²) in [4.78, 5) is 16.5. The Labute approximate surface area is 110 Å². The molecule has 3 rings (SSSR count). The summed E-state index contributed by atoms with van der Waals surface area (Å²) in [5.41, 5.74) is 0.398. The van der Waals surface area contributed by atoms with Gasteiger partial charge in [-0.2, -0.15) is 5.26 Å². The Morgan fingerprint density at radius 3 is 2.89 bits per heavy atom. The lowest BCUT2D eigenvalue weighted by Gasteiger charge is -2.37. The van der Waals surface area contributed by atoms with Gasteiger partial charge in [0.25, 0.3) is 0 Å². The molecule has 0 saturated heterocycles. The third-order valence-corrected chi connectivity index (χ3v) is 3.87. The molecule has 19 heavy (non-hydrogen) atoms. The highest BCUT2D eigenvalue weighted by molar-refractivity contribution is 5.84. The Kier molecular flexibility index (Phi) is 2.53. The zero-order valence-electron chi connectivity index (χ0n) is 10.6. The maximum atomic E-state index is 12.1. The first-order valence-electron chi connectivity index (χ1n) is 6.19. The summed E-state index contributed by atoms with van der Waals surface area (Å²) in [6.07, 6.45) is 4.25. The van der Waals surface area contributed by atoms with Crippen LogP contribution in [0, 0.1) is 11.3 Å². The molecular weight excluding hydrogens is 242 g/mol. The minimum Gasteiger partial charge on any atom is -0.468 e. The fourth-order valence-corrected chi connectivity index (χ4v) is 2.70. The molecule has 0 radical (unpaired) electrons. The van der Waals surface area contributed by atoms with Crippen molar-refractivity contribution in [3.63, 3.8) is 0 Å². The van der Waals surface area contributed by atoms with Crippen LogP contribution in [-0.4, -0.2) is 22.5 Å². The lowest BCUT2D eigenvalue weighted by molar-refractivity contribution is -0.151. The van der Waals surface area contributed by atoms with Gasteiger partial charge in [0.05, 0.1) is 12.6 Å². The second kappa shape index (κ2) is 4.09. The number of pyridine rings is 1. The van der Waals surface area contributed by atoms with Crippen LogP contribution < -0.4 is 0 Å². The average Bonchev–Trinajstić information content (AvgIpc) is 2.77. The van der Waals surface area contributed by atoms with Crippen LogP contribution in [0.1, 0.15) is 30.8 Å². The number of methoxy groups -OCH3 is 1. The molecule has 2 aromatic heterocycles. The van der Waals surface area contributed by atoms with Crippen molar-refractivity contribution in [1.29, 1.82) is 5.26 Å². The molecule has 1 aliphatic rings. The van der Waals surface area contributed by atoms with E-state index in [0.717, 1.165) is 24.8 Å². The zero-order chi connectivity index (χ0) is 13.5. The van der Waals surface area contributed by atoms with Gasteiger partial charge >= 0.3 is 5.97 Å². The van der Waals surface area contributed by atoms with Crippen LogP contribution in [0.3, 0.4) is 0 Å². The molecule has 0 aliphatic heterocycles. The lowest BCUT2D eigenvalue weighted by Crippen LogP contribution is -2.44. The summed E-state index contributed by atoms with van der Waals surface area (Å²) >= 11 is 0. The van der Waals surface area contributed by atoms with E-state index >= 15 is 0 Å². The standard InChI is InChI=1S/C14H13N3O2/c1-19-13(18)14(6-4-7-14)12-16-10(9-15)11-5-2-3-8-17(11)12/h2-3,5,8H,4,6-7H2,1H3. The second-order valence-corrected chi connectivity index (χ2v) is 4.78. The van der Waals surface area contributed by atoms with Crippen LogP contribution in [-0.2, 0) is 14.9 Å². The summed E-state index contributed by atoms with van der Waals surface area (Å²) in [6.45, 7) is 0. The van der Waals surface area contributed by atoms with Crippen molar-refractivity contribution in [3.8, 4) is 6.07 Å². The van der Waals surface area contributed by atoms with Gasteiger partial charge in [-0.15, -0.1) is 0 Å². The van der Waals surface area contributed by atoms with E-state index in [1.54, 1.807) is 0 Å². The largest absolute Gasteiger partial charge is 0.468 e. The summed E-state index contributed by atoms with van der Waals surface area (Å²) in [6, 6.07) is 7.63. The number of carbonyl (C=O) groups excluding carboxylic acids is 1. The lowest BCUT2D eigenvalue weighted by atomic mass is 9.68. The third-order valence-electron chi connectivity index (χ3n) is 3.87. The highest BCUT2D eigenvalue weighted by Gasteiger charge is 2.50. The highest BCUT2D eigenvalue weighted by atomic mass is 16.5. The quantitative estimate of drug-likeness (QED) is 0.767. The van der Waals surface area contributed by atoms with Gasteiger partial charge in [0.1, 0.15) is 17.3 Å². The number of esters is 1. The van der Waals surface area contributed by atoms with Crippen molar-refractivity contribution in [3.05, 3.63) is 35.9 Å². The number of ether oxygens (including phenoxy) is 1. The normalized spacial score (nSPS) is 16.6. The molecule has 5 nitrogen and oxygen atoms in total. The van der Waals surface area contributed by atoms with Crippen LogP contribution in [0.4, 0.5) is 0 Å². The molecule has 2 heterocycles. The van der Waals surface area contributed by atoms with E-state index in [1.807, 2.05) is 28.8 Å². The van der Waals surface area contributed by atoms with Crippen LogP contribution in [0.25, 0.3) is 5.52 Å². The Morgan fingerprint density at radius 1 is 1.53 bits per heavy atom. The molecule has 0 aromatic carbocycles. The minimum absolute atomic E-state index is 0.265. The molecule has 1 aliphatic carbocycles. The topological polar surface area (TPSA) is 67.4 Å². The Bertz CT molecular complexity index is 692. The maximum absolute atomic E-state index is 12.1. The molecule has 2 aromatic rings. The third kappa shape index (κ3) is 1.46. The van der Waals surface area contributed by atoms with Gasteiger partial charge in [0.2, 0.25) is 0 Å². The van der Waals surface area contributed by atoms with Gasteiger partial charge in [-0.05, 0) is 25.0 Å². The van der Waals surface area contributed by atoms with Gasteiger partial charge in [0.15, 0.2) is 5.69 Å². The summed E-state index contributed by atoms with van der Waals surface area (Å²) < 4.78 is 6.76. The van der Waals surface area contributed by atoms with E-state index in [-0.39, 0.29) is 5.97 Å². The minimum atomic E-state index is -0.686. The van der Waals surface area contributed by atoms with E-state index < -0.39 is 5.41 Å². The molecule has 0 spiro atoms. The summed E-state index contributed by atoms with van der Waals surface area (Å²) in [7, 11) is 1.39. The molecular formula is C14H13N3O2. The fourth-order valence-electron chi connectivity index (χ4n) is 2.70. The maximum Gasteiger partial charge on any atom is 0.319 e. The fraction of sp³-hybridized carbons (Fsp3) is 0.357. The van der Waals surface area contributed by atoms with Crippen molar-refractivity contribution in [1.82, 2.24) is 9.38 Å². The van der Waals surface area contributed by atoms with Gasteiger partial charge in [-0.3, -0.25) is 4.79 Å². The van der Waals surface area contributed by atoms with Crippen molar-refractivity contribution in [2.24, 2.45) is 0 Å². The smallest absolute Gasteiger partial charge is 0.319 e. The van der Waals surface area contributed by atoms with E-state index in [4.69, 9.17) is 10.00 Å². The average molecular weight is 255 g/mol. The molecule has 96 valence electrons. The Morgan fingerprint density at radius 2 is 2.32 bits per heavy atom. The number of nitriles is 1. The van der Waals surface area contributed by atoms with Gasteiger partial charge < -0.3 is 9.14 Å². The van der Waals surface area contributed by atoms with Crippen molar-refractivity contribution < 1.29 is 9.53 Å².